The second-order valence-corrected chi connectivity index (χ2v) is 9.33. The van der Waals surface area contributed by atoms with Gasteiger partial charge in [0.05, 0.1) is 4.90 Å². The van der Waals surface area contributed by atoms with Crippen molar-refractivity contribution in [2.24, 2.45) is 0 Å². The number of halogens is 1. The van der Waals surface area contributed by atoms with Gasteiger partial charge in [-0.2, -0.15) is 0 Å². The molecule has 26 heavy (non-hydrogen) atoms. The number of benzene rings is 2. The van der Waals surface area contributed by atoms with E-state index < -0.39 is 32.5 Å². The van der Waals surface area contributed by atoms with E-state index >= 15 is 0 Å². The Morgan fingerprint density at radius 3 is 2.50 bits per heavy atom. The maximum absolute atomic E-state index is 13.1. The second kappa shape index (κ2) is 8.52. The van der Waals surface area contributed by atoms with E-state index in [1.807, 2.05) is 0 Å². The first kappa shape index (κ1) is 20.2. The molecule has 1 amide bonds. The Morgan fingerprint density at radius 2 is 1.85 bits per heavy atom. The Morgan fingerprint density at radius 1 is 1.15 bits per heavy atom. The van der Waals surface area contributed by atoms with Gasteiger partial charge in [0.2, 0.25) is 15.9 Å². The fourth-order valence-corrected chi connectivity index (χ4v) is 4.14. The normalized spacial score (nSPS) is 12.8. The molecule has 2 aromatic rings. The van der Waals surface area contributed by atoms with Gasteiger partial charge >= 0.3 is 0 Å². The van der Waals surface area contributed by atoms with Gasteiger partial charge < -0.3 is 5.32 Å². The number of hydrogen-bond donors (Lipinski definition) is 1. The number of anilines is 1. The zero-order valence-corrected chi connectivity index (χ0v) is 15.9. The van der Waals surface area contributed by atoms with E-state index in [2.05, 4.69) is 5.32 Å². The third-order valence-corrected chi connectivity index (χ3v) is 6.46. The van der Waals surface area contributed by atoms with Crippen molar-refractivity contribution in [1.29, 1.82) is 0 Å². The van der Waals surface area contributed by atoms with Crippen LogP contribution in [0.25, 0.3) is 0 Å². The molecule has 0 heterocycles. The van der Waals surface area contributed by atoms with Gasteiger partial charge in [-0.15, -0.1) is 0 Å². The van der Waals surface area contributed by atoms with Crippen LogP contribution in [0.15, 0.2) is 53.4 Å². The largest absolute Gasteiger partial charge is 0.325 e. The molecule has 140 valence electrons. The average molecular weight is 398 g/mol. The molecule has 1 N–H and O–H groups in total. The van der Waals surface area contributed by atoms with E-state index in [1.54, 1.807) is 12.1 Å². The molecule has 0 radical (unpaired) electrons. The molecular weight excluding hydrogens is 379 g/mol. The van der Waals surface area contributed by atoms with Gasteiger partial charge in [-0.25, -0.2) is 17.1 Å². The first-order chi connectivity index (χ1) is 12.2. The number of nitrogens with one attached hydrogen (secondary N) is 1. The van der Waals surface area contributed by atoms with Crippen LogP contribution in [0.2, 0.25) is 0 Å². The highest BCUT2D eigenvalue weighted by Gasteiger charge is 2.18. The van der Waals surface area contributed by atoms with Crippen molar-refractivity contribution in [2.45, 2.75) is 10.6 Å². The summed E-state index contributed by atoms with van der Waals surface area (Å²) in [6, 6.07) is 11.5. The van der Waals surface area contributed by atoms with Gasteiger partial charge in [0.1, 0.15) is 11.6 Å². The standard InChI is InChI=1S/C17H19FN2O4S2/c1-20(2)26(23,24)16-8-3-5-13(9-16)11-25(22)12-17(21)19-15-7-4-6-14(18)10-15/h3-10H,11-12H2,1-2H3,(H,19,21). The monoisotopic (exact) mass is 398 g/mol. The number of carbonyl (C=O) groups is 1. The molecular formula is C17H19FN2O4S2. The molecule has 0 spiro atoms. The summed E-state index contributed by atoms with van der Waals surface area (Å²) in [5.41, 5.74) is 0.830. The number of nitrogens with zero attached hydrogens (tertiary/aromatic N) is 1. The third kappa shape index (κ3) is 5.45. The molecule has 1 unspecified atom stereocenters. The van der Waals surface area contributed by atoms with Gasteiger partial charge in [0.15, 0.2) is 0 Å². The molecule has 0 saturated heterocycles. The number of amides is 1. The molecule has 9 heteroatoms. The zero-order valence-electron chi connectivity index (χ0n) is 14.3. The Hall–Kier alpha value is -2.10. The fraction of sp³-hybridized carbons (Fsp3) is 0.235. The molecule has 2 rings (SSSR count). The van der Waals surface area contributed by atoms with Crippen LogP contribution in [0.3, 0.4) is 0 Å². The van der Waals surface area contributed by atoms with Gasteiger partial charge in [0, 0.05) is 36.3 Å². The van der Waals surface area contributed by atoms with Gasteiger partial charge in [0.25, 0.3) is 0 Å². The fourth-order valence-electron chi connectivity index (χ4n) is 2.15. The third-order valence-electron chi connectivity index (χ3n) is 3.41. The molecule has 0 aliphatic heterocycles. The Bertz CT molecular complexity index is 930. The van der Waals surface area contributed by atoms with E-state index in [0.29, 0.717) is 5.56 Å². The minimum Gasteiger partial charge on any atom is -0.325 e. The summed E-state index contributed by atoms with van der Waals surface area (Å²) in [7, 11) is -2.27. The lowest BCUT2D eigenvalue weighted by atomic mass is 10.2. The van der Waals surface area contributed by atoms with E-state index in [1.165, 1.54) is 44.4 Å². The SMILES string of the molecule is CN(C)S(=O)(=O)c1cccc(CS(=O)CC(=O)Nc2cccc(F)c2)c1. The predicted molar refractivity (Wildman–Crippen MR) is 99.1 cm³/mol. The summed E-state index contributed by atoms with van der Waals surface area (Å²) in [5, 5.41) is 2.48. The van der Waals surface area contributed by atoms with Crippen molar-refractivity contribution in [3.05, 3.63) is 59.9 Å². The summed E-state index contributed by atoms with van der Waals surface area (Å²) in [5.74, 6) is -1.23. The molecule has 0 aromatic heterocycles. The zero-order chi connectivity index (χ0) is 19.3. The highest BCUT2D eigenvalue weighted by molar-refractivity contribution is 7.89. The molecule has 2 aromatic carbocycles. The van der Waals surface area contributed by atoms with Crippen LogP contribution in [0.1, 0.15) is 5.56 Å². The topological polar surface area (TPSA) is 83.6 Å². The number of carbonyl (C=O) groups excluding carboxylic acids is 1. The number of rotatable bonds is 7. The maximum atomic E-state index is 13.1. The Balaban J connectivity index is 2.01. The summed E-state index contributed by atoms with van der Waals surface area (Å²) in [4.78, 5) is 12.0. The van der Waals surface area contributed by atoms with E-state index in [0.717, 1.165) is 10.4 Å². The summed E-state index contributed by atoms with van der Waals surface area (Å²) in [6.07, 6.45) is 0. The van der Waals surface area contributed by atoms with Crippen molar-refractivity contribution in [1.82, 2.24) is 4.31 Å². The van der Waals surface area contributed by atoms with Crippen molar-refractivity contribution in [3.63, 3.8) is 0 Å². The number of hydrogen-bond acceptors (Lipinski definition) is 4. The quantitative estimate of drug-likeness (QED) is 0.773. The van der Waals surface area contributed by atoms with Crippen LogP contribution in [-0.4, -0.2) is 42.7 Å². The maximum Gasteiger partial charge on any atom is 0.242 e. The van der Waals surface area contributed by atoms with E-state index in [-0.39, 0.29) is 22.1 Å². The van der Waals surface area contributed by atoms with Gasteiger partial charge in [-0.1, -0.05) is 18.2 Å². The second-order valence-electron chi connectivity index (χ2n) is 5.72. The average Bonchev–Trinajstić information content (AvgIpc) is 2.54. The highest BCUT2D eigenvalue weighted by Crippen LogP contribution is 2.16. The molecule has 0 bridgehead atoms. The molecule has 1 atom stereocenters. The summed E-state index contributed by atoms with van der Waals surface area (Å²) >= 11 is 0. The highest BCUT2D eigenvalue weighted by atomic mass is 32.2. The van der Waals surface area contributed by atoms with Crippen molar-refractivity contribution >= 4 is 32.4 Å². The number of sulfonamides is 1. The van der Waals surface area contributed by atoms with Crippen molar-refractivity contribution in [3.8, 4) is 0 Å². The lowest BCUT2D eigenvalue weighted by Crippen LogP contribution is -2.22. The molecule has 0 aliphatic rings. The molecule has 0 saturated carbocycles. The minimum absolute atomic E-state index is 0.0351. The lowest BCUT2D eigenvalue weighted by molar-refractivity contribution is -0.113. The minimum atomic E-state index is -3.58. The lowest BCUT2D eigenvalue weighted by Gasteiger charge is -2.12. The van der Waals surface area contributed by atoms with Crippen molar-refractivity contribution in [2.75, 3.05) is 25.2 Å². The van der Waals surface area contributed by atoms with Crippen LogP contribution in [0.5, 0.6) is 0 Å². The van der Waals surface area contributed by atoms with Crippen LogP contribution in [-0.2, 0) is 31.4 Å². The predicted octanol–water partition coefficient (Wildman–Crippen LogP) is 1.96. The van der Waals surface area contributed by atoms with Crippen molar-refractivity contribution < 1.29 is 21.8 Å². The van der Waals surface area contributed by atoms with Crippen LogP contribution < -0.4 is 5.32 Å². The van der Waals surface area contributed by atoms with Crippen LogP contribution in [0, 0.1) is 5.82 Å². The smallest absolute Gasteiger partial charge is 0.242 e. The van der Waals surface area contributed by atoms with E-state index in [4.69, 9.17) is 0 Å². The first-order valence-corrected chi connectivity index (χ1v) is 10.5. The van der Waals surface area contributed by atoms with Gasteiger partial charge in [-0.3, -0.25) is 9.00 Å². The Labute approximate surface area is 154 Å². The molecule has 0 fully saturated rings. The van der Waals surface area contributed by atoms with Gasteiger partial charge in [-0.05, 0) is 35.9 Å². The first-order valence-electron chi connectivity index (χ1n) is 7.60. The molecule has 0 aliphatic carbocycles. The summed E-state index contributed by atoms with van der Waals surface area (Å²) in [6.45, 7) is 0. The van der Waals surface area contributed by atoms with Crippen LogP contribution in [0.4, 0.5) is 10.1 Å². The Kier molecular flexibility index (Phi) is 6.63. The van der Waals surface area contributed by atoms with E-state index in [9.17, 15) is 21.8 Å². The van der Waals surface area contributed by atoms with Crippen LogP contribution >= 0.6 is 0 Å². The summed E-state index contributed by atoms with van der Waals surface area (Å²) < 4.78 is 50.6. The molecule has 6 nitrogen and oxygen atoms in total.